The van der Waals surface area contributed by atoms with E-state index in [1.54, 1.807) is 6.21 Å². The number of rotatable bonds is 6. The molecule has 1 fully saturated rings. The molecular formula is C28H27N3O2. The van der Waals surface area contributed by atoms with Gasteiger partial charge in [-0.25, -0.2) is 4.98 Å². The molecular weight excluding hydrogens is 410 g/mol. The van der Waals surface area contributed by atoms with Gasteiger partial charge in [0.05, 0.1) is 17.1 Å². The van der Waals surface area contributed by atoms with Crippen LogP contribution in [0.3, 0.4) is 0 Å². The van der Waals surface area contributed by atoms with Crippen molar-refractivity contribution in [3.8, 4) is 5.75 Å². The van der Waals surface area contributed by atoms with Crippen LogP contribution in [0, 0.1) is 0 Å². The summed E-state index contributed by atoms with van der Waals surface area (Å²) in [6.45, 7) is 0.525. The summed E-state index contributed by atoms with van der Waals surface area (Å²) in [5.41, 5.74) is 2.66. The summed E-state index contributed by atoms with van der Waals surface area (Å²) < 4.78 is 7.38. The number of para-hydroxylation sites is 1. The topological polar surface area (TPSA) is 56.5 Å². The average Bonchev–Trinajstić information content (AvgIpc) is 2.88. The lowest BCUT2D eigenvalue weighted by Crippen LogP contribution is -2.25. The molecule has 1 aliphatic carbocycles. The van der Waals surface area contributed by atoms with Crippen LogP contribution in [-0.4, -0.2) is 15.9 Å². The second-order valence-corrected chi connectivity index (χ2v) is 8.53. The number of benzene rings is 3. The normalized spacial score (nSPS) is 14.7. The van der Waals surface area contributed by atoms with E-state index in [9.17, 15) is 4.79 Å². The lowest BCUT2D eigenvalue weighted by Gasteiger charge is -2.22. The Balaban J connectivity index is 1.40. The van der Waals surface area contributed by atoms with Crippen molar-refractivity contribution < 1.29 is 4.74 Å². The maximum absolute atomic E-state index is 13.3. The molecule has 5 heteroatoms. The van der Waals surface area contributed by atoms with Gasteiger partial charge in [-0.2, -0.15) is 9.78 Å². The Hall–Kier alpha value is -3.73. The van der Waals surface area contributed by atoms with Gasteiger partial charge in [-0.3, -0.25) is 4.79 Å². The highest BCUT2D eigenvalue weighted by molar-refractivity contribution is 5.80. The van der Waals surface area contributed by atoms with E-state index < -0.39 is 0 Å². The third-order valence-corrected chi connectivity index (χ3v) is 6.20. The first-order valence-electron chi connectivity index (χ1n) is 11.6. The standard InChI is InChI=1S/C28H27N3O2/c32-28-25-13-7-8-14-26(25)30-27(23-11-5-2-6-12-23)31(28)29-19-21-15-17-24(18-16-21)33-20-22-9-3-1-4-10-22/h1,3-4,7-10,13-19,23H,2,5-6,11-12,20H2. The van der Waals surface area contributed by atoms with Crippen LogP contribution in [0.2, 0.25) is 0 Å². The second kappa shape index (κ2) is 9.82. The minimum absolute atomic E-state index is 0.111. The summed E-state index contributed by atoms with van der Waals surface area (Å²) >= 11 is 0. The monoisotopic (exact) mass is 437 g/mol. The van der Waals surface area contributed by atoms with Crippen molar-refractivity contribution in [1.29, 1.82) is 0 Å². The van der Waals surface area contributed by atoms with Crippen LogP contribution in [-0.2, 0) is 6.61 Å². The molecule has 0 bridgehead atoms. The van der Waals surface area contributed by atoms with Gasteiger partial charge in [-0.05, 0) is 60.4 Å². The molecule has 0 unspecified atom stereocenters. The molecule has 0 saturated heterocycles. The van der Waals surface area contributed by atoms with Crippen molar-refractivity contribution >= 4 is 17.1 Å². The Morgan fingerprint density at radius 3 is 2.42 bits per heavy atom. The van der Waals surface area contributed by atoms with Crippen LogP contribution in [0.25, 0.3) is 10.9 Å². The molecule has 5 rings (SSSR count). The molecule has 5 nitrogen and oxygen atoms in total. The molecule has 0 atom stereocenters. The maximum Gasteiger partial charge on any atom is 0.282 e. The molecule has 166 valence electrons. The number of aromatic nitrogens is 2. The first kappa shape index (κ1) is 21.1. The van der Waals surface area contributed by atoms with E-state index in [-0.39, 0.29) is 11.5 Å². The van der Waals surface area contributed by atoms with Gasteiger partial charge in [0, 0.05) is 5.92 Å². The summed E-state index contributed by atoms with van der Waals surface area (Å²) in [6, 6.07) is 25.4. The van der Waals surface area contributed by atoms with Gasteiger partial charge in [0.15, 0.2) is 0 Å². The lowest BCUT2D eigenvalue weighted by atomic mass is 9.88. The Labute approximate surface area is 193 Å². The first-order valence-corrected chi connectivity index (χ1v) is 11.6. The van der Waals surface area contributed by atoms with E-state index >= 15 is 0 Å². The third-order valence-electron chi connectivity index (χ3n) is 6.20. The Morgan fingerprint density at radius 1 is 0.909 bits per heavy atom. The molecule has 1 aromatic heterocycles. The minimum atomic E-state index is -0.111. The summed E-state index contributed by atoms with van der Waals surface area (Å²) in [6.07, 6.45) is 7.41. The number of ether oxygens (including phenoxy) is 1. The smallest absolute Gasteiger partial charge is 0.282 e. The van der Waals surface area contributed by atoms with Crippen molar-refractivity contribution in [3.05, 3.63) is 106 Å². The first-order chi connectivity index (χ1) is 16.3. The molecule has 3 aromatic carbocycles. The van der Waals surface area contributed by atoms with E-state index in [2.05, 4.69) is 5.10 Å². The number of nitrogens with zero attached hydrogens (tertiary/aromatic N) is 3. The molecule has 33 heavy (non-hydrogen) atoms. The van der Waals surface area contributed by atoms with Gasteiger partial charge in [-0.1, -0.05) is 61.7 Å². The fraction of sp³-hybridized carbons (Fsp3) is 0.250. The van der Waals surface area contributed by atoms with E-state index in [0.29, 0.717) is 12.0 Å². The lowest BCUT2D eigenvalue weighted by molar-refractivity contribution is 0.306. The molecule has 0 aliphatic heterocycles. The van der Waals surface area contributed by atoms with Crippen molar-refractivity contribution in [2.24, 2.45) is 5.10 Å². The largest absolute Gasteiger partial charge is 0.489 e. The van der Waals surface area contributed by atoms with Crippen LogP contribution in [0.5, 0.6) is 5.75 Å². The van der Waals surface area contributed by atoms with Gasteiger partial charge >= 0.3 is 0 Å². The highest BCUT2D eigenvalue weighted by Crippen LogP contribution is 2.31. The third kappa shape index (κ3) is 4.87. The predicted octanol–water partition coefficient (Wildman–Crippen LogP) is 5.91. The second-order valence-electron chi connectivity index (χ2n) is 8.53. The van der Waals surface area contributed by atoms with Crippen LogP contribution in [0.4, 0.5) is 0 Å². The van der Waals surface area contributed by atoms with Crippen molar-refractivity contribution in [3.63, 3.8) is 0 Å². The Kier molecular flexibility index (Phi) is 6.29. The molecule has 0 radical (unpaired) electrons. The zero-order chi connectivity index (χ0) is 22.5. The van der Waals surface area contributed by atoms with Crippen LogP contribution >= 0.6 is 0 Å². The molecule has 1 aliphatic rings. The van der Waals surface area contributed by atoms with Gasteiger partial charge < -0.3 is 4.74 Å². The SMILES string of the molecule is O=c1c2ccccc2nc(C2CCCCC2)n1N=Cc1ccc(OCc2ccccc2)cc1. The Bertz CT molecular complexity index is 1300. The average molecular weight is 438 g/mol. The van der Waals surface area contributed by atoms with E-state index in [4.69, 9.17) is 9.72 Å². The van der Waals surface area contributed by atoms with E-state index in [0.717, 1.165) is 41.1 Å². The van der Waals surface area contributed by atoms with E-state index in [1.165, 1.54) is 23.9 Å². The van der Waals surface area contributed by atoms with Crippen LogP contribution in [0.15, 0.2) is 88.8 Å². The van der Waals surface area contributed by atoms with Crippen molar-refractivity contribution in [2.45, 2.75) is 44.6 Å². The maximum atomic E-state index is 13.3. The molecule has 1 saturated carbocycles. The highest BCUT2D eigenvalue weighted by Gasteiger charge is 2.22. The predicted molar refractivity (Wildman–Crippen MR) is 132 cm³/mol. The molecule has 4 aromatic rings. The van der Waals surface area contributed by atoms with E-state index in [1.807, 2.05) is 78.9 Å². The summed E-state index contributed by atoms with van der Waals surface area (Å²) in [4.78, 5) is 18.1. The fourth-order valence-electron chi connectivity index (χ4n) is 4.39. The molecule has 0 spiro atoms. The van der Waals surface area contributed by atoms with Crippen molar-refractivity contribution in [1.82, 2.24) is 9.66 Å². The number of hydrogen-bond acceptors (Lipinski definition) is 4. The van der Waals surface area contributed by atoms with Gasteiger partial charge in [0.1, 0.15) is 18.2 Å². The number of hydrogen-bond donors (Lipinski definition) is 0. The quantitative estimate of drug-likeness (QED) is 0.353. The number of fused-ring (bicyclic) bond motifs is 1. The van der Waals surface area contributed by atoms with Gasteiger partial charge in [0.25, 0.3) is 5.56 Å². The molecule has 0 N–H and O–H groups in total. The zero-order valence-electron chi connectivity index (χ0n) is 18.6. The summed E-state index contributed by atoms with van der Waals surface area (Å²) in [5.74, 6) is 1.84. The summed E-state index contributed by atoms with van der Waals surface area (Å²) in [7, 11) is 0. The minimum Gasteiger partial charge on any atom is -0.489 e. The van der Waals surface area contributed by atoms with Crippen LogP contribution in [0.1, 0.15) is 55.0 Å². The molecule has 1 heterocycles. The Morgan fingerprint density at radius 2 is 1.64 bits per heavy atom. The van der Waals surface area contributed by atoms with Gasteiger partial charge in [0.2, 0.25) is 0 Å². The zero-order valence-corrected chi connectivity index (χ0v) is 18.6. The fourth-order valence-corrected chi connectivity index (χ4v) is 4.39. The van der Waals surface area contributed by atoms with Gasteiger partial charge in [-0.15, -0.1) is 0 Å². The highest BCUT2D eigenvalue weighted by atomic mass is 16.5. The molecule has 0 amide bonds. The van der Waals surface area contributed by atoms with Crippen molar-refractivity contribution in [2.75, 3.05) is 0 Å². The van der Waals surface area contributed by atoms with Crippen LogP contribution < -0.4 is 10.3 Å². The summed E-state index contributed by atoms with van der Waals surface area (Å²) in [5, 5.41) is 5.20.